The molecule has 8 heteroatoms. The lowest BCUT2D eigenvalue weighted by Crippen LogP contribution is -2.47. The van der Waals surface area contributed by atoms with Gasteiger partial charge in [-0.1, -0.05) is 24.3 Å². The second-order valence-corrected chi connectivity index (χ2v) is 7.17. The van der Waals surface area contributed by atoms with E-state index >= 15 is 0 Å². The van der Waals surface area contributed by atoms with Gasteiger partial charge in [0.1, 0.15) is 5.75 Å². The molecule has 0 aliphatic carbocycles. The van der Waals surface area contributed by atoms with Gasteiger partial charge in [-0.2, -0.15) is 0 Å². The van der Waals surface area contributed by atoms with Crippen molar-refractivity contribution in [2.24, 2.45) is 4.99 Å². The number of hydrogen-bond donors (Lipinski definition) is 2. The van der Waals surface area contributed by atoms with Crippen LogP contribution in [0.25, 0.3) is 0 Å². The summed E-state index contributed by atoms with van der Waals surface area (Å²) in [4.78, 5) is 15.0. The summed E-state index contributed by atoms with van der Waals surface area (Å²) in [5.74, 6) is 1.49. The lowest BCUT2D eigenvalue weighted by Gasteiger charge is -2.24. The van der Waals surface area contributed by atoms with E-state index in [1.807, 2.05) is 24.3 Å². The summed E-state index contributed by atoms with van der Waals surface area (Å²) in [6.45, 7) is 7.22. The van der Waals surface area contributed by atoms with E-state index in [2.05, 4.69) is 36.4 Å². The van der Waals surface area contributed by atoms with E-state index in [0.29, 0.717) is 19.0 Å². The Bertz CT molecular complexity index is 785. The number of nitro groups is 1. The summed E-state index contributed by atoms with van der Waals surface area (Å²) in [5, 5.41) is 17.4. The maximum absolute atomic E-state index is 10.7. The van der Waals surface area contributed by atoms with Gasteiger partial charge in [0.15, 0.2) is 5.96 Å². The molecule has 152 valence electrons. The Morgan fingerprint density at radius 3 is 2.14 bits per heavy atom. The van der Waals surface area contributed by atoms with E-state index in [0.717, 1.165) is 16.9 Å². The van der Waals surface area contributed by atoms with Crippen LogP contribution >= 0.6 is 24.0 Å². The predicted octanol–water partition coefficient (Wildman–Crippen LogP) is 4.26. The molecule has 7 nitrogen and oxygen atoms in total. The zero-order valence-electron chi connectivity index (χ0n) is 16.6. The maximum atomic E-state index is 10.7. The number of nitro benzene ring substituents is 1. The van der Waals surface area contributed by atoms with E-state index in [1.165, 1.54) is 12.1 Å². The predicted molar refractivity (Wildman–Crippen MR) is 122 cm³/mol. The third-order valence-corrected chi connectivity index (χ3v) is 3.68. The molecule has 0 saturated heterocycles. The number of halogens is 1. The second-order valence-electron chi connectivity index (χ2n) is 7.17. The highest BCUT2D eigenvalue weighted by molar-refractivity contribution is 14.0. The van der Waals surface area contributed by atoms with Crippen molar-refractivity contribution in [1.29, 1.82) is 0 Å². The molecule has 2 aromatic rings. The van der Waals surface area contributed by atoms with Gasteiger partial charge in [0.05, 0.1) is 18.6 Å². The Morgan fingerprint density at radius 1 is 1.07 bits per heavy atom. The Labute approximate surface area is 182 Å². The van der Waals surface area contributed by atoms with Crippen LogP contribution in [0.15, 0.2) is 53.5 Å². The van der Waals surface area contributed by atoms with Gasteiger partial charge < -0.3 is 15.4 Å². The Morgan fingerprint density at radius 2 is 1.64 bits per heavy atom. The van der Waals surface area contributed by atoms with Crippen molar-refractivity contribution in [3.63, 3.8) is 0 Å². The van der Waals surface area contributed by atoms with Crippen molar-refractivity contribution in [2.45, 2.75) is 39.4 Å². The minimum absolute atomic E-state index is 0. The van der Waals surface area contributed by atoms with Crippen LogP contribution in [0, 0.1) is 10.1 Å². The lowest BCUT2D eigenvalue weighted by atomic mass is 10.1. The fourth-order valence-electron chi connectivity index (χ4n) is 2.32. The summed E-state index contributed by atoms with van der Waals surface area (Å²) in [6.07, 6.45) is 0. The molecule has 0 aliphatic heterocycles. The zero-order chi connectivity index (χ0) is 19.9. The number of methoxy groups -OCH3 is 1. The normalized spacial score (nSPS) is 11.4. The van der Waals surface area contributed by atoms with Crippen LogP contribution in [-0.4, -0.2) is 23.5 Å². The van der Waals surface area contributed by atoms with Crippen LogP contribution in [0.5, 0.6) is 5.75 Å². The van der Waals surface area contributed by atoms with Gasteiger partial charge in [-0.3, -0.25) is 10.1 Å². The molecule has 0 aliphatic rings. The van der Waals surface area contributed by atoms with Crippen LogP contribution in [0.4, 0.5) is 5.69 Å². The topological polar surface area (TPSA) is 88.8 Å². The first-order chi connectivity index (χ1) is 12.8. The molecule has 2 aromatic carbocycles. The van der Waals surface area contributed by atoms with Crippen LogP contribution < -0.4 is 15.4 Å². The van der Waals surface area contributed by atoms with E-state index < -0.39 is 4.92 Å². The van der Waals surface area contributed by atoms with Gasteiger partial charge in [0.25, 0.3) is 5.69 Å². The smallest absolute Gasteiger partial charge is 0.269 e. The monoisotopic (exact) mass is 498 g/mol. The highest BCUT2D eigenvalue weighted by atomic mass is 127. The van der Waals surface area contributed by atoms with E-state index in [-0.39, 0.29) is 35.2 Å². The van der Waals surface area contributed by atoms with Crippen molar-refractivity contribution in [2.75, 3.05) is 7.11 Å². The Hall–Kier alpha value is -2.36. The minimum atomic E-state index is -0.403. The van der Waals surface area contributed by atoms with Crippen LogP contribution in [-0.2, 0) is 13.1 Å². The number of ether oxygens (including phenoxy) is 1. The van der Waals surface area contributed by atoms with Gasteiger partial charge in [-0.05, 0) is 44.0 Å². The van der Waals surface area contributed by atoms with Crippen molar-refractivity contribution in [1.82, 2.24) is 10.6 Å². The van der Waals surface area contributed by atoms with Gasteiger partial charge in [-0.15, -0.1) is 24.0 Å². The summed E-state index contributed by atoms with van der Waals surface area (Å²) in [5.41, 5.74) is 1.94. The second kappa shape index (κ2) is 10.8. The van der Waals surface area contributed by atoms with E-state index in [1.54, 1.807) is 19.2 Å². The quantitative estimate of drug-likeness (QED) is 0.204. The molecule has 0 bridgehead atoms. The number of benzene rings is 2. The molecule has 0 atom stereocenters. The van der Waals surface area contributed by atoms with Crippen molar-refractivity contribution >= 4 is 35.6 Å². The number of rotatable bonds is 6. The van der Waals surface area contributed by atoms with Gasteiger partial charge >= 0.3 is 0 Å². The maximum Gasteiger partial charge on any atom is 0.269 e. The molecule has 0 amide bonds. The van der Waals surface area contributed by atoms with Crippen LogP contribution in [0.2, 0.25) is 0 Å². The molecule has 0 radical (unpaired) electrons. The molecule has 0 spiro atoms. The van der Waals surface area contributed by atoms with Crippen molar-refractivity contribution in [3.8, 4) is 5.75 Å². The SMILES string of the molecule is COc1ccc(CN=C(NCc2ccc([N+](=O)[O-])cc2)NC(C)(C)C)cc1.I. The average Bonchev–Trinajstić information content (AvgIpc) is 2.63. The Kier molecular flexibility index (Phi) is 9.17. The molecule has 0 unspecified atom stereocenters. The first-order valence-corrected chi connectivity index (χ1v) is 8.69. The number of nitrogens with one attached hydrogen (secondary N) is 2. The van der Waals surface area contributed by atoms with Crippen LogP contribution in [0.3, 0.4) is 0 Å². The van der Waals surface area contributed by atoms with Crippen LogP contribution in [0.1, 0.15) is 31.9 Å². The van der Waals surface area contributed by atoms with E-state index in [9.17, 15) is 10.1 Å². The standard InChI is InChI=1S/C20H26N4O3.HI/c1-20(2,3)23-19(22-14-16-7-11-18(27-4)12-8-16)21-13-15-5-9-17(10-6-15)24(25)26;/h5-12H,13-14H2,1-4H3,(H2,21,22,23);1H. The van der Waals surface area contributed by atoms with E-state index in [4.69, 9.17) is 4.74 Å². The fraction of sp³-hybridized carbons (Fsp3) is 0.350. The highest BCUT2D eigenvalue weighted by Gasteiger charge is 2.12. The van der Waals surface area contributed by atoms with Gasteiger partial charge in [0.2, 0.25) is 0 Å². The zero-order valence-corrected chi connectivity index (χ0v) is 18.9. The third-order valence-electron chi connectivity index (χ3n) is 3.68. The first-order valence-electron chi connectivity index (χ1n) is 8.69. The number of non-ortho nitro benzene ring substituents is 1. The van der Waals surface area contributed by atoms with Crippen molar-refractivity contribution < 1.29 is 9.66 Å². The molecular formula is C20H27IN4O3. The average molecular weight is 498 g/mol. The number of aliphatic imine (C=N–C) groups is 1. The van der Waals surface area contributed by atoms with Crippen molar-refractivity contribution in [3.05, 3.63) is 69.8 Å². The summed E-state index contributed by atoms with van der Waals surface area (Å²) >= 11 is 0. The largest absolute Gasteiger partial charge is 0.497 e. The molecule has 28 heavy (non-hydrogen) atoms. The summed E-state index contributed by atoms with van der Waals surface area (Å²) < 4.78 is 5.17. The van der Waals surface area contributed by atoms with Gasteiger partial charge in [0, 0.05) is 24.2 Å². The third kappa shape index (κ3) is 8.12. The summed E-state index contributed by atoms with van der Waals surface area (Å²) in [7, 11) is 1.64. The Balaban J connectivity index is 0.00000392. The molecule has 0 saturated carbocycles. The molecular weight excluding hydrogens is 471 g/mol. The number of hydrogen-bond acceptors (Lipinski definition) is 4. The first kappa shape index (κ1) is 23.7. The molecule has 0 fully saturated rings. The lowest BCUT2D eigenvalue weighted by molar-refractivity contribution is -0.384. The minimum Gasteiger partial charge on any atom is -0.497 e. The number of nitrogens with zero attached hydrogens (tertiary/aromatic N) is 2. The molecule has 2 N–H and O–H groups in total. The molecule has 2 rings (SSSR count). The molecule has 0 heterocycles. The fourth-order valence-corrected chi connectivity index (χ4v) is 2.32. The highest BCUT2D eigenvalue weighted by Crippen LogP contribution is 2.13. The van der Waals surface area contributed by atoms with Gasteiger partial charge in [-0.25, -0.2) is 4.99 Å². The number of guanidine groups is 1. The molecule has 0 aromatic heterocycles. The summed E-state index contributed by atoms with van der Waals surface area (Å²) in [6, 6.07) is 14.3.